The maximum atomic E-state index is 11.1. The highest BCUT2D eigenvalue weighted by Crippen LogP contribution is 2.19. The second kappa shape index (κ2) is 7.34. The first-order chi connectivity index (χ1) is 10.3. The first-order valence-corrected chi connectivity index (χ1v) is 9.85. The molecule has 22 heavy (non-hydrogen) atoms. The van der Waals surface area contributed by atoms with Crippen molar-refractivity contribution in [3.63, 3.8) is 0 Å². The number of halogens is 1. The van der Waals surface area contributed by atoms with E-state index in [4.69, 9.17) is 16.3 Å². The number of hydrogen-bond acceptors (Lipinski definition) is 6. The lowest BCUT2D eigenvalue weighted by Gasteiger charge is -2.06. The normalized spacial score (nSPS) is 11.6. The molecule has 1 aromatic heterocycles. The molecule has 0 N–H and O–H groups in total. The smallest absolute Gasteiger partial charge is 0.191 e. The van der Waals surface area contributed by atoms with Crippen LogP contribution < -0.4 is 4.74 Å². The molecule has 2 aromatic rings. The second-order valence-corrected chi connectivity index (χ2v) is 8.44. The molecule has 0 bridgehead atoms. The largest absolute Gasteiger partial charge is 0.486 e. The molecule has 120 valence electrons. The van der Waals surface area contributed by atoms with Crippen molar-refractivity contribution >= 4 is 33.2 Å². The van der Waals surface area contributed by atoms with Gasteiger partial charge in [-0.2, -0.15) is 0 Å². The monoisotopic (exact) mass is 361 g/mol. The van der Waals surface area contributed by atoms with Crippen LogP contribution in [0.5, 0.6) is 5.75 Å². The Morgan fingerprint density at radius 2 is 1.95 bits per heavy atom. The summed E-state index contributed by atoms with van der Waals surface area (Å²) in [6.45, 7) is 0.276. The van der Waals surface area contributed by atoms with Gasteiger partial charge in [0.1, 0.15) is 22.2 Å². The fraction of sp³-hybridized carbons (Fsp3) is 0.385. The molecular formula is C13H16ClN3O3S2. The minimum absolute atomic E-state index is 0.112. The Morgan fingerprint density at radius 3 is 2.59 bits per heavy atom. The molecule has 9 heteroatoms. The van der Waals surface area contributed by atoms with Crippen molar-refractivity contribution in [1.82, 2.24) is 14.8 Å². The van der Waals surface area contributed by atoms with E-state index in [1.807, 2.05) is 7.05 Å². The zero-order chi connectivity index (χ0) is 16.2. The van der Waals surface area contributed by atoms with Crippen molar-refractivity contribution in [2.75, 3.05) is 17.8 Å². The molecule has 1 heterocycles. The molecule has 0 amide bonds. The quantitative estimate of drug-likeness (QED) is 0.704. The first-order valence-electron chi connectivity index (χ1n) is 6.42. The van der Waals surface area contributed by atoms with Gasteiger partial charge in [-0.25, -0.2) is 8.42 Å². The third kappa shape index (κ3) is 5.19. The highest BCUT2D eigenvalue weighted by Gasteiger charge is 2.11. The zero-order valence-electron chi connectivity index (χ0n) is 12.2. The van der Waals surface area contributed by atoms with E-state index < -0.39 is 9.84 Å². The molecule has 1 aromatic carbocycles. The summed E-state index contributed by atoms with van der Waals surface area (Å²) in [6.07, 6.45) is 1.22. The summed E-state index contributed by atoms with van der Waals surface area (Å²) in [6, 6.07) is 7.06. The maximum absolute atomic E-state index is 11.1. The summed E-state index contributed by atoms with van der Waals surface area (Å²) >= 11 is 7.17. The topological polar surface area (TPSA) is 74.1 Å². The van der Waals surface area contributed by atoms with E-state index in [0.29, 0.717) is 27.5 Å². The van der Waals surface area contributed by atoms with Gasteiger partial charge in [-0.05, 0) is 24.3 Å². The molecule has 0 saturated carbocycles. The van der Waals surface area contributed by atoms with Gasteiger partial charge in [0.05, 0.1) is 5.75 Å². The van der Waals surface area contributed by atoms with Gasteiger partial charge in [-0.1, -0.05) is 23.4 Å². The molecule has 0 fully saturated rings. The van der Waals surface area contributed by atoms with E-state index in [-0.39, 0.29) is 12.4 Å². The van der Waals surface area contributed by atoms with E-state index in [0.717, 1.165) is 0 Å². The summed E-state index contributed by atoms with van der Waals surface area (Å²) in [5.41, 5.74) is 0. The average Bonchev–Trinajstić information content (AvgIpc) is 2.78. The summed E-state index contributed by atoms with van der Waals surface area (Å²) in [5, 5.41) is 9.41. The van der Waals surface area contributed by atoms with Crippen LogP contribution >= 0.6 is 23.4 Å². The van der Waals surface area contributed by atoms with E-state index in [9.17, 15) is 8.42 Å². The van der Waals surface area contributed by atoms with Crippen LogP contribution in [0.1, 0.15) is 5.82 Å². The first kappa shape index (κ1) is 17.1. The molecule has 0 saturated heterocycles. The highest BCUT2D eigenvalue weighted by molar-refractivity contribution is 8.00. The Morgan fingerprint density at radius 1 is 1.27 bits per heavy atom. The third-order valence-electron chi connectivity index (χ3n) is 2.79. The SMILES string of the molecule is Cn1c(COc2ccc(Cl)cc2)nnc1SCCS(C)(=O)=O. The lowest BCUT2D eigenvalue weighted by atomic mass is 10.3. The Balaban J connectivity index is 1.91. The van der Waals surface area contributed by atoms with Gasteiger partial charge in [0, 0.05) is 24.1 Å². The molecular weight excluding hydrogens is 346 g/mol. The van der Waals surface area contributed by atoms with Gasteiger partial charge in [-0.3, -0.25) is 0 Å². The van der Waals surface area contributed by atoms with Gasteiger partial charge in [0.15, 0.2) is 11.0 Å². The second-order valence-electron chi connectivity index (χ2n) is 4.68. The Bertz CT molecular complexity index is 729. The minimum Gasteiger partial charge on any atom is -0.486 e. The zero-order valence-corrected chi connectivity index (χ0v) is 14.6. The van der Waals surface area contributed by atoms with Crippen molar-refractivity contribution in [1.29, 1.82) is 0 Å². The molecule has 0 unspecified atom stereocenters. The van der Waals surface area contributed by atoms with E-state index in [1.54, 1.807) is 28.8 Å². The molecule has 0 spiro atoms. The van der Waals surface area contributed by atoms with E-state index >= 15 is 0 Å². The fourth-order valence-corrected chi connectivity index (χ4v) is 3.81. The Kier molecular flexibility index (Phi) is 5.71. The van der Waals surface area contributed by atoms with Gasteiger partial charge < -0.3 is 9.30 Å². The van der Waals surface area contributed by atoms with Crippen LogP contribution in [0.15, 0.2) is 29.4 Å². The Hall–Kier alpha value is -1.25. The van der Waals surface area contributed by atoms with Crippen LogP contribution in [0.4, 0.5) is 0 Å². The average molecular weight is 362 g/mol. The maximum Gasteiger partial charge on any atom is 0.191 e. The van der Waals surface area contributed by atoms with Gasteiger partial charge in [0.25, 0.3) is 0 Å². The number of aromatic nitrogens is 3. The lowest BCUT2D eigenvalue weighted by molar-refractivity contribution is 0.290. The van der Waals surface area contributed by atoms with Crippen LogP contribution in [0.3, 0.4) is 0 Å². The van der Waals surface area contributed by atoms with Crippen molar-refractivity contribution < 1.29 is 13.2 Å². The number of benzene rings is 1. The minimum atomic E-state index is -2.96. The van der Waals surface area contributed by atoms with E-state index in [1.165, 1.54) is 18.0 Å². The summed E-state index contributed by atoms with van der Waals surface area (Å²) < 4.78 is 29.6. The van der Waals surface area contributed by atoms with Crippen LogP contribution in [0.2, 0.25) is 5.02 Å². The number of nitrogens with zero attached hydrogens (tertiary/aromatic N) is 3. The number of hydrogen-bond donors (Lipinski definition) is 0. The molecule has 0 aliphatic heterocycles. The fourth-order valence-electron chi connectivity index (χ4n) is 1.56. The Labute approximate surface area is 138 Å². The number of sulfone groups is 1. The van der Waals surface area contributed by atoms with Gasteiger partial charge in [-0.15, -0.1) is 10.2 Å². The number of rotatable bonds is 7. The highest BCUT2D eigenvalue weighted by atomic mass is 35.5. The summed E-state index contributed by atoms with van der Waals surface area (Å²) in [7, 11) is -1.14. The third-order valence-corrected chi connectivity index (χ3v) is 5.27. The van der Waals surface area contributed by atoms with Crippen molar-refractivity contribution in [3.8, 4) is 5.75 Å². The van der Waals surface area contributed by atoms with Crippen molar-refractivity contribution in [2.24, 2.45) is 7.05 Å². The number of thioether (sulfide) groups is 1. The summed E-state index contributed by atoms with van der Waals surface area (Å²) in [5.74, 6) is 1.92. The lowest BCUT2D eigenvalue weighted by Crippen LogP contribution is -2.07. The van der Waals surface area contributed by atoms with Crippen molar-refractivity contribution in [3.05, 3.63) is 35.1 Å². The molecule has 0 aliphatic carbocycles. The number of ether oxygens (including phenoxy) is 1. The van der Waals surface area contributed by atoms with Crippen LogP contribution in [0, 0.1) is 0 Å². The molecule has 0 aliphatic rings. The summed E-state index contributed by atoms with van der Waals surface area (Å²) in [4.78, 5) is 0. The predicted octanol–water partition coefficient (Wildman–Crippen LogP) is 2.18. The molecule has 0 radical (unpaired) electrons. The van der Waals surface area contributed by atoms with Gasteiger partial charge >= 0.3 is 0 Å². The molecule has 0 atom stereocenters. The van der Waals surface area contributed by atoms with Crippen LogP contribution in [-0.2, 0) is 23.5 Å². The van der Waals surface area contributed by atoms with Crippen LogP contribution in [0.25, 0.3) is 0 Å². The standard InChI is InChI=1S/C13H16ClN3O3S2/c1-17-12(9-20-11-5-3-10(14)4-6-11)15-16-13(17)21-7-8-22(2,18)19/h3-6H,7-9H2,1-2H3. The molecule has 6 nitrogen and oxygen atoms in total. The molecule has 2 rings (SSSR count). The van der Waals surface area contributed by atoms with Crippen LogP contribution in [-0.4, -0.2) is 40.9 Å². The van der Waals surface area contributed by atoms with E-state index in [2.05, 4.69) is 10.2 Å². The predicted molar refractivity (Wildman–Crippen MR) is 87.2 cm³/mol. The van der Waals surface area contributed by atoms with Gasteiger partial charge in [0.2, 0.25) is 0 Å². The van der Waals surface area contributed by atoms with Crippen molar-refractivity contribution in [2.45, 2.75) is 11.8 Å².